The molecule has 3 N–H and O–H groups in total. The quantitative estimate of drug-likeness (QED) is 0.884. The van der Waals surface area contributed by atoms with Crippen molar-refractivity contribution in [1.29, 1.82) is 0 Å². The topological polar surface area (TPSA) is 115 Å². The predicted octanol–water partition coefficient (Wildman–Crippen LogP) is 1.56. The number of rotatable bonds is 4. The number of carbonyl (C=O) groups excluding carboxylic acids is 1. The first kappa shape index (κ1) is 15.5. The molecule has 2 aromatic rings. The van der Waals surface area contributed by atoms with Gasteiger partial charge in [-0.15, -0.1) is 5.10 Å². The number of hydrogen-bond acceptors (Lipinski definition) is 6. The Balaban J connectivity index is 2.35. The summed E-state index contributed by atoms with van der Waals surface area (Å²) in [5.41, 5.74) is 0.707. The maximum Gasteiger partial charge on any atom is 0.269 e. The molecule has 9 heteroatoms. The van der Waals surface area contributed by atoms with Gasteiger partial charge in [0, 0.05) is 0 Å². The molecule has 2 rings (SSSR count). The molecule has 0 radical (unpaired) electrons. The van der Waals surface area contributed by atoms with E-state index in [9.17, 15) is 13.2 Å². The van der Waals surface area contributed by atoms with E-state index in [0.29, 0.717) is 10.6 Å². The summed E-state index contributed by atoms with van der Waals surface area (Å²) in [6.07, 6.45) is 0. The molecule has 0 aliphatic carbocycles. The zero-order chi connectivity index (χ0) is 15.6. The van der Waals surface area contributed by atoms with Crippen LogP contribution in [0.1, 0.15) is 35.1 Å². The highest BCUT2D eigenvalue weighted by Crippen LogP contribution is 2.23. The van der Waals surface area contributed by atoms with Crippen LogP contribution in [-0.4, -0.2) is 23.9 Å². The van der Waals surface area contributed by atoms with Crippen molar-refractivity contribution in [3.63, 3.8) is 0 Å². The number of primary sulfonamides is 1. The van der Waals surface area contributed by atoms with Gasteiger partial charge in [-0.2, -0.15) is 0 Å². The van der Waals surface area contributed by atoms with Crippen molar-refractivity contribution >= 4 is 33.2 Å². The van der Waals surface area contributed by atoms with E-state index >= 15 is 0 Å². The lowest BCUT2D eigenvalue weighted by molar-refractivity contribution is 0.102. The number of anilines is 1. The van der Waals surface area contributed by atoms with E-state index in [4.69, 9.17) is 5.14 Å². The highest BCUT2D eigenvalue weighted by molar-refractivity contribution is 7.89. The molecule has 0 saturated carbocycles. The van der Waals surface area contributed by atoms with E-state index in [1.54, 1.807) is 6.07 Å². The Bertz CT molecular complexity index is 768. The number of hydrogen-bond donors (Lipinski definition) is 2. The molecule has 1 amide bonds. The monoisotopic (exact) mass is 326 g/mol. The van der Waals surface area contributed by atoms with E-state index < -0.39 is 15.9 Å². The number of para-hydroxylation sites is 1. The average molecular weight is 326 g/mol. The summed E-state index contributed by atoms with van der Waals surface area (Å²) in [6, 6.07) is 5.95. The highest BCUT2D eigenvalue weighted by atomic mass is 32.2. The molecule has 0 atom stereocenters. The van der Waals surface area contributed by atoms with Gasteiger partial charge in [0.2, 0.25) is 10.0 Å². The Morgan fingerprint density at radius 1 is 1.33 bits per heavy atom. The smallest absolute Gasteiger partial charge is 0.269 e. The zero-order valence-corrected chi connectivity index (χ0v) is 13.0. The first-order valence-corrected chi connectivity index (χ1v) is 8.38. The summed E-state index contributed by atoms with van der Waals surface area (Å²) in [4.78, 5) is 12.5. The normalized spacial score (nSPS) is 11.6. The van der Waals surface area contributed by atoms with Crippen LogP contribution in [0.25, 0.3) is 0 Å². The van der Waals surface area contributed by atoms with Gasteiger partial charge < -0.3 is 5.32 Å². The Morgan fingerprint density at radius 2 is 2.00 bits per heavy atom. The molecule has 112 valence electrons. The maximum absolute atomic E-state index is 12.3. The lowest BCUT2D eigenvalue weighted by Gasteiger charge is -2.09. The van der Waals surface area contributed by atoms with Crippen LogP contribution in [0.4, 0.5) is 5.69 Å². The Labute approximate surface area is 126 Å². The minimum Gasteiger partial charge on any atom is -0.320 e. The Hall–Kier alpha value is -1.84. The van der Waals surface area contributed by atoms with Crippen molar-refractivity contribution in [2.75, 3.05) is 5.32 Å². The van der Waals surface area contributed by atoms with Crippen LogP contribution >= 0.6 is 11.5 Å². The molecule has 0 aliphatic heterocycles. The van der Waals surface area contributed by atoms with Crippen LogP contribution in [-0.2, 0) is 10.0 Å². The number of carbonyl (C=O) groups is 1. The molecule has 0 unspecified atom stereocenters. The summed E-state index contributed by atoms with van der Waals surface area (Å²) in [5.74, 6) is -0.414. The van der Waals surface area contributed by atoms with Crippen molar-refractivity contribution in [2.45, 2.75) is 24.7 Å². The molecule has 0 aliphatic rings. The van der Waals surface area contributed by atoms with Crippen molar-refractivity contribution in [3.05, 3.63) is 34.8 Å². The molecule has 1 heterocycles. The third kappa shape index (κ3) is 3.43. The molecule has 0 saturated heterocycles. The number of nitrogens with two attached hydrogens (primary N) is 1. The van der Waals surface area contributed by atoms with E-state index in [1.807, 2.05) is 13.8 Å². The predicted molar refractivity (Wildman–Crippen MR) is 79.8 cm³/mol. The fraction of sp³-hybridized carbons (Fsp3) is 0.250. The van der Waals surface area contributed by atoms with E-state index in [0.717, 1.165) is 11.5 Å². The second-order valence-electron chi connectivity index (χ2n) is 4.64. The summed E-state index contributed by atoms with van der Waals surface area (Å²) in [5, 5.41) is 11.6. The number of amides is 1. The van der Waals surface area contributed by atoms with Crippen molar-refractivity contribution in [2.24, 2.45) is 5.14 Å². The first-order chi connectivity index (χ1) is 9.80. The molecule has 1 aromatic heterocycles. The molecule has 0 bridgehead atoms. The summed E-state index contributed by atoms with van der Waals surface area (Å²) in [6.45, 7) is 3.79. The fourth-order valence-corrected chi connectivity index (χ4v) is 3.14. The third-order valence-corrected chi connectivity index (χ3v) is 4.42. The molecular formula is C12H14N4O3S2. The van der Waals surface area contributed by atoms with Crippen molar-refractivity contribution in [1.82, 2.24) is 9.59 Å². The molecule has 0 spiro atoms. The van der Waals surface area contributed by atoms with Gasteiger partial charge >= 0.3 is 0 Å². The average Bonchev–Trinajstić information content (AvgIpc) is 2.87. The second-order valence-corrected chi connectivity index (χ2v) is 6.92. The van der Waals surface area contributed by atoms with Gasteiger partial charge in [0.05, 0.1) is 11.4 Å². The van der Waals surface area contributed by atoms with Crippen LogP contribution in [0, 0.1) is 0 Å². The number of nitrogens with one attached hydrogen (secondary N) is 1. The lowest BCUT2D eigenvalue weighted by Crippen LogP contribution is -2.18. The van der Waals surface area contributed by atoms with Gasteiger partial charge in [-0.3, -0.25) is 4.79 Å². The molecule has 1 aromatic carbocycles. The van der Waals surface area contributed by atoms with Crippen LogP contribution in [0.2, 0.25) is 0 Å². The van der Waals surface area contributed by atoms with Gasteiger partial charge in [0.1, 0.15) is 9.77 Å². The molecule has 0 fully saturated rings. The third-order valence-electron chi connectivity index (χ3n) is 2.71. The second kappa shape index (κ2) is 5.88. The molecular weight excluding hydrogens is 312 g/mol. The SMILES string of the molecule is CC(C)c1nnsc1C(=O)Nc1ccccc1S(N)(=O)=O. The minimum atomic E-state index is -3.92. The minimum absolute atomic E-state index is 0.0398. The van der Waals surface area contributed by atoms with Crippen LogP contribution in [0.15, 0.2) is 29.2 Å². The van der Waals surface area contributed by atoms with Gasteiger partial charge in [-0.25, -0.2) is 13.6 Å². The zero-order valence-electron chi connectivity index (χ0n) is 11.4. The van der Waals surface area contributed by atoms with Crippen LogP contribution in [0.5, 0.6) is 0 Å². The Morgan fingerprint density at radius 3 is 2.62 bits per heavy atom. The van der Waals surface area contributed by atoms with E-state index in [-0.39, 0.29) is 16.5 Å². The summed E-state index contributed by atoms with van der Waals surface area (Å²) >= 11 is 0.965. The number of benzene rings is 1. The summed E-state index contributed by atoms with van der Waals surface area (Å²) < 4.78 is 26.8. The number of aromatic nitrogens is 2. The van der Waals surface area contributed by atoms with Crippen LogP contribution in [0.3, 0.4) is 0 Å². The van der Waals surface area contributed by atoms with Gasteiger partial charge in [0.15, 0.2) is 0 Å². The van der Waals surface area contributed by atoms with E-state index in [2.05, 4.69) is 14.9 Å². The Kier molecular flexibility index (Phi) is 4.35. The number of sulfonamides is 1. The van der Waals surface area contributed by atoms with Crippen molar-refractivity contribution < 1.29 is 13.2 Å². The fourth-order valence-electron chi connectivity index (χ4n) is 1.73. The van der Waals surface area contributed by atoms with Crippen molar-refractivity contribution in [3.8, 4) is 0 Å². The standard InChI is InChI=1S/C12H14N4O3S2/c1-7(2)10-11(20-16-15-10)12(17)14-8-5-3-4-6-9(8)21(13,18)19/h3-7H,1-2H3,(H,14,17)(H2,13,18,19). The largest absolute Gasteiger partial charge is 0.320 e. The molecule has 21 heavy (non-hydrogen) atoms. The lowest BCUT2D eigenvalue weighted by atomic mass is 10.1. The summed E-state index contributed by atoms with van der Waals surface area (Å²) in [7, 11) is -3.92. The van der Waals surface area contributed by atoms with Crippen LogP contribution < -0.4 is 10.5 Å². The van der Waals surface area contributed by atoms with Gasteiger partial charge in [-0.05, 0) is 29.6 Å². The van der Waals surface area contributed by atoms with Gasteiger partial charge in [-0.1, -0.05) is 30.5 Å². The number of nitrogens with zero attached hydrogens (tertiary/aromatic N) is 2. The first-order valence-electron chi connectivity index (χ1n) is 6.06. The molecule has 7 nitrogen and oxygen atoms in total. The highest BCUT2D eigenvalue weighted by Gasteiger charge is 2.21. The maximum atomic E-state index is 12.3. The van der Waals surface area contributed by atoms with Gasteiger partial charge in [0.25, 0.3) is 5.91 Å². The van der Waals surface area contributed by atoms with E-state index in [1.165, 1.54) is 18.2 Å².